The first-order chi connectivity index (χ1) is 6.18. The van der Waals surface area contributed by atoms with Crippen LogP contribution in [0.25, 0.3) is 0 Å². The third-order valence-corrected chi connectivity index (χ3v) is 2.18. The summed E-state index contributed by atoms with van der Waals surface area (Å²) in [5.74, 6) is -1.26. The molecule has 0 aliphatic carbocycles. The molecule has 0 rings (SSSR count). The van der Waals surface area contributed by atoms with Crippen LogP contribution in [0, 0.1) is 0 Å². The topological polar surface area (TPSA) is 124 Å². The van der Waals surface area contributed by atoms with E-state index in [-0.39, 0.29) is 6.42 Å². The number of carboxylic acids is 1. The van der Waals surface area contributed by atoms with Crippen molar-refractivity contribution in [1.82, 2.24) is 0 Å². The van der Waals surface area contributed by atoms with Crippen LogP contribution in [0.5, 0.6) is 0 Å². The number of phosphoric ester groups is 1. The first kappa shape index (κ1) is 13.5. The molecule has 0 spiro atoms. The summed E-state index contributed by atoms with van der Waals surface area (Å²) in [6.45, 7) is 0.806. The molecular formula is C6H13O7P. The lowest BCUT2D eigenvalue weighted by atomic mass is 9.99. The number of carboxylic acid groups (broad SMARTS) is 1. The van der Waals surface area contributed by atoms with E-state index in [1.165, 1.54) is 6.92 Å². The van der Waals surface area contributed by atoms with Crippen molar-refractivity contribution < 1.29 is 33.9 Å². The van der Waals surface area contributed by atoms with Crippen LogP contribution in [-0.4, -0.2) is 38.2 Å². The molecular weight excluding hydrogens is 215 g/mol. The second-order valence-electron chi connectivity index (χ2n) is 3.08. The molecule has 0 heterocycles. The molecule has 0 aromatic carbocycles. The molecule has 0 fully saturated rings. The Balaban J connectivity index is 4.54. The molecule has 1 atom stereocenters. The van der Waals surface area contributed by atoms with Crippen LogP contribution in [0.4, 0.5) is 0 Å². The van der Waals surface area contributed by atoms with E-state index < -0.39 is 32.4 Å². The van der Waals surface area contributed by atoms with Crippen LogP contribution >= 0.6 is 7.82 Å². The van der Waals surface area contributed by atoms with Crippen molar-refractivity contribution in [3.8, 4) is 0 Å². The van der Waals surface area contributed by atoms with Crippen LogP contribution in [0.3, 0.4) is 0 Å². The minimum atomic E-state index is -4.75. The van der Waals surface area contributed by atoms with Crippen molar-refractivity contribution >= 4 is 13.8 Å². The summed E-state index contributed by atoms with van der Waals surface area (Å²) >= 11 is 0. The second kappa shape index (κ2) is 4.86. The molecule has 0 aliphatic heterocycles. The molecule has 0 aromatic heterocycles. The Morgan fingerprint density at radius 1 is 1.50 bits per heavy atom. The Kier molecular flexibility index (Phi) is 4.70. The SMILES string of the molecule is C[C@@](CCO)(CC(=O)O)OP(=O)(O)O. The molecule has 84 valence electrons. The van der Waals surface area contributed by atoms with Crippen molar-refractivity contribution in [2.24, 2.45) is 0 Å². The van der Waals surface area contributed by atoms with Crippen LogP contribution in [-0.2, 0) is 13.9 Å². The van der Waals surface area contributed by atoms with Gasteiger partial charge in [0.15, 0.2) is 0 Å². The Morgan fingerprint density at radius 3 is 2.29 bits per heavy atom. The molecule has 0 unspecified atom stereocenters. The standard InChI is InChI=1S/C6H13O7P/c1-6(2-3-7,4-5(8)9)13-14(10,11)12/h7H,2-4H2,1H3,(H,8,9)(H2,10,11,12)/t6-/m1/s1. The Labute approximate surface area is 80.6 Å². The minimum absolute atomic E-state index is 0.162. The molecule has 0 bridgehead atoms. The van der Waals surface area contributed by atoms with E-state index in [9.17, 15) is 9.36 Å². The highest BCUT2D eigenvalue weighted by Crippen LogP contribution is 2.43. The Hall–Kier alpha value is -0.460. The molecule has 8 heteroatoms. The van der Waals surface area contributed by atoms with E-state index in [0.29, 0.717) is 0 Å². The van der Waals surface area contributed by atoms with Crippen molar-refractivity contribution in [3.63, 3.8) is 0 Å². The van der Waals surface area contributed by atoms with E-state index >= 15 is 0 Å². The first-order valence-corrected chi connectivity index (χ1v) is 5.30. The number of aliphatic hydroxyl groups is 1. The number of rotatable bonds is 6. The van der Waals surface area contributed by atoms with Crippen LogP contribution in [0.1, 0.15) is 19.8 Å². The Morgan fingerprint density at radius 2 is 2.00 bits per heavy atom. The van der Waals surface area contributed by atoms with Gasteiger partial charge in [0.1, 0.15) is 0 Å². The molecule has 7 nitrogen and oxygen atoms in total. The number of phosphoric acid groups is 1. The van der Waals surface area contributed by atoms with Gasteiger partial charge in [0.25, 0.3) is 0 Å². The van der Waals surface area contributed by atoms with Gasteiger partial charge in [-0.3, -0.25) is 9.32 Å². The maximum Gasteiger partial charge on any atom is 0.470 e. The highest BCUT2D eigenvalue weighted by Gasteiger charge is 2.35. The second-order valence-corrected chi connectivity index (χ2v) is 4.24. The zero-order valence-corrected chi connectivity index (χ0v) is 8.48. The monoisotopic (exact) mass is 228 g/mol. The third kappa shape index (κ3) is 6.06. The predicted molar refractivity (Wildman–Crippen MR) is 45.5 cm³/mol. The molecule has 0 radical (unpaired) electrons. The van der Waals surface area contributed by atoms with Crippen molar-refractivity contribution in [2.75, 3.05) is 6.61 Å². The number of carbonyl (C=O) groups is 1. The van der Waals surface area contributed by atoms with Gasteiger partial charge in [-0.15, -0.1) is 0 Å². The normalized spacial score (nSPS) is 16.3. The summed E-state index contributed by atoms with van der Waals surface area (Å²) < 4.78 is 14.8. The van der Waals surface area contributed by atoms with Gasteiger partial charge in [0, 0.05) is 13.0 Å². The van der Waals surface area contributed by atoms with Crippen LogP contribution < -0.4 is 0 Å². The van der Waals surface area contributed by atoms with Gasteiger partial charge in [-0.05, 0) is 6.92 Å². The highest BCUT2D eigenvalue weighted by atomic mass is 31.2. The van der Waals surface area contributed by atoms with E-state index in [1.54, 1.807) is 0 Å². The van der Waals surface area contributed by atoms with Crippen LogP contribution in [0.2, 0.25) is 0 Å². The van der Waals surface area contributed by atoms with Crippen molar-refractivity contribution in [2.45, 2.75) is 25.4 Å². The molecule has 0 aliphatic rings. The van der Waals surface area contributed by atoms with Gasteiger partial charge in [-0.1, -0.05) is 0 Å². The van der Waals surface area contributed by atoms with Gasteiger partial charge in [-0.2, -0.15) is 0 Å². The predicted octanol–water partition coefficient (Wildman–Crippen LogP) is -0.288. The Bertz CT molecular complexity index is 247. The zero-order chi connectivity index (χ0) is 11.4. The summed E-state index contributed by atoms with van der Waals surface area (Å²) in [4.78, 5) is 27.4. The van der Waals surface area contributed by atoms with Gasteiger partial charge >= 0.3 is 13.8 Å². The maximum absolute atomic E-state index is 10.5. The third-order valence-electron chi connectivity index (χ3n) is 1.51. The summed E-state index contributed by atoms with van der Waals surface area (Å²) in [5, 5.41) is 17.0. The lowest BCUT2D eigenvalue weighted by molar-refractivity contribution is -0.141. The lowest BCUT2D eigenvalue weighted by Gasteiger charge is -2.27. The average Bonchev–Trinajstić information content (AvgIpc) is 1.78. The molecule has 14 heavy (non-hydrogen) atoms. The minimum Gasteiger partial charge on any atom is -0.481 e. The quantitative estimate of drug-likeness (QED) is 0.460. The van der Waals surface area contributed by atoms with Crippen molar-refractivity contribution in [3.05, 3.63) is 0 Å². The van der Waals surface area contributed by atoms with Gasteiger partial charge < -0.3 is 20.0 Å². The highest BCUT2D eigenvalue weighted by molar-refractivity contribution is 7.46. The van der Waals surface area contributed by atoms with E-state index in [2.05, 4.69) is 4.52 Å². The van der Waals surface area contributed by atoms with Crippen molar-refractivity contribution in [1.29, 1.82) is 0 Å². The first-order valence-electron chi connectivity index (χ1n) is 3.77. The van der Waals surface area contributed by atoms with Gasteiger partial charge in [-0.25, -0.2) is 4.57 Å². The molecule has 0 amide bonds. The molecule has 0 aromatic rings. The molecule has 4 N–H and O–H groups in total. The fourth-order valence-electron chi connectivity index (χ4n) is 1.01. The van der Waals surface area contributed by atoms with Gasteiger partial charge in [0.05, 0.1) is 12.0 Å². The van der Waals surface area contributed by atoms with E-state index in [0.717, 1.165) is 0 Å². The number of hydrogen-bond acceptors (Lipinski definition) is 4. The molecule has 0 saturated heterocycles. The van der Waals surface area contributed by atoms with Gasteiger partial charge in [0.2, 0.25) is 0 Å². The molecule has 0 saturated carbocycles. The largest absolute Gasteiger partial charge is 0.481 e. The zero-order valence-electron chi connectivity index (χ0n) is 7.58. The number of aliphatic hydroxyl groups excluding tert-OH is 1. The van der Waals surface area contributed by atoms with E-state index in [1.807, 2.05) is 0 Å². The summed E-state index contributed by atoms with van der Waals surface area (Å²) in [5.41, 5.74) is -1.56. The summed E-state index contributed by atoms with van der Waals surface area (Å²) in [6, 6.07) is 0. The number of hydrogen-bond donors (Lipinski definition) is 4. The number of aliphatic carboxylic acids is 1. The lowest BCUT2D eigenvalue weighted by Crippen LogP contribution is -2.32. The smallest absolute Gasteiger partial charge is 0.470 e. The fraction of sp³-hybridized carbons (Fsp3) is 0.833. The fourth-order valence-corrected chi connectivity index (χ4v) is 1.74. The summed E-state index contributed by atoms with van der Waals surface area (Å²) in [7, 11) is -4.75. The van der Waals surface area contributed by atoms with Crippen LogP contribution in [0.15, 0.2) is 0 Å². The summed E-state index contributed by atoms with van der Waals surface area (Å²) in [6.07, 6.45) is -0.747. The maximum atomic E-state index is 10.5. The average molecular weight is 228 g/mol. The van der Waals surface area contributed by atoms with E-state index in [4.69, 9.17) is 20.0 Å².